The topological polar surface area (TPSA) is 81.4 Å². The standard InChI is InChI=1S/C17H22N2O3/c1-4-22-16(21)13(9-11-5-7-12(18)8-6-11)19-14-10-15(20)17(14,2)3/h5-8,10,13,19H,4,9,18H2,1-3H3/t13-/m0/s1. The van der Waals surface area contributed by atoms with Crippen molar-refractivity contribution in [3.05, 3.63) is 41.6 Å². The van der Waals surface area contributed by atoms with Crippen molar-refractivity contribution in [3.63, 3.8) is 0 Å². The zero-order valence-electron chi connectivity index (χ0n) is 13.2. The van der Waals surface area contributed by atoms with E-state index in [-0.39, 0.29) is 11.8 Å². The van der Waals surface area contributed by atoms with E-state index in [4.69, 9.17) is 10.5 Å². The normalized spacial score (nSPS) is 17.2. The van der Waals surface area contributed by atoms with Gasteiger partial charge < -0.3 is 15.8 Å². The molecule has 0 heterocycles. The molecule has 1 atom stereocenters. The van der Waals surface area contributed by atoms with Crippen LogP contribution in [0, 0.1) is 5.41 Å². The maximum absolute atomic E-state index is 12.2. The molecule has 1 aliphatic carbocycles. The van der Waals surface area contributed by atoms with Crippen molar-refractivity contribution in [1.29, 1.82) is 0 Å². The number of nitrogens with one attached hydrogen (secondary N) is 1. The summed E-state index contributed by atoms with van der Waals surface area (Å²) in [5, 5.41) is 3.16. The van der Waals surface area contributed by atoms with Gasteiger partial charge in [0.05, 0.1) is 12.0 Å². The van der Waals surface area contributed by atoms with Crippen molar-refractivity contribution in [1.82, 2.24) is 5.32 Å². The molecule has 0 aromatic heterocycles. The van der Waals surface area contributed by atoms with Crippen LogP contribution in [0.5, 0.6) is 0 Å². The van der Waals surface area contributed by atoms with Gasteiger partial charge in [-0.05, 0) is 38.5 Å². The average molecular weight is 302 g/mol. The van der Waals surface area contributed by atoms with E-state index in [9.17, 15) is 9.59 Å². The predicted octanol–water partition coefficient (Wildman–Crippen LogP) is 1.83. The molecule has 3 N–H and O–H groups in total. The zero-order valence-corrected chi connectivity index (χ0v) is 13.2. The van der Waals surface area contributed by atoms with Gasteiger partial charge in [-0.25, -0.2) is 4.79 Å². The second-order valence-electron chi connectivity index (χ2n) is 5.94. The molecule has 1 aliphatic rings. The van der Waals surface area contributed by atoms with Crippen LogP contribution in [0.3, 0.4) is 0 Å². The van der Waals surface area contributed by atoms with Crippen LogP contribution in [-0.4, -0.2) is 24.4 Å². The van der Waals surface area contributed by atoms with Crippen LogP contribution in [0.15, 0.2) is 36.0 Å². The number of nitrogen functional groups attached to an aromatic ring is 1. The Morgan fingerprint density at radius 1 is 1.32 bits per heavy atom. The molecule has 118 valence electrons. The number of nitrogens with two attached hydrogens (primary N) is 1. The highest BCUT2D eigenvalue weighted by molar-refractivity contribution is 6.04. The molecule has 0 amide bonds. The van der Waals surface area contributed by atoms with Gasteiger partial charge in [-0.1, -0.05) is 12.1 Å². The minimum absolute atomic E-state index is 0.0603. The first-order valence-electron chi connectivity index (χ1n) is 7.38. The number of benzene rings is 1. The Bertz CT molecular complexity index is 603. The van der Waals surface area contributed by atoms with E-state index in [0.29, 0.717) is 18.7 Å². The largest absolute Gasteiger partial charge is 0.464 e. The lowest BCUT2D eigenvalue weighted by Gasteiger charge is -2.36. The molecule has 0 saturated carbocycles. The molecule has 0 aliphatic heterocycles. The number of esters is 1. The lowest BCUT2D eigenvalue weighted by molar-refractivity contribution is -0.145. The Hall–Kier alpha value is -2.30. The monoisotopic (exact) mass is 302 g/mol. The summed E-state index contributed by atoms with van der Waals surface area (Å²) in [4.78, 5) is 23.7. The first-order chi connectivity index (χ1) is 10.3. The van der Waals surface area contributed by atoms with Gasteiger partial charge in [0.15, 0.2) is 5.78 Å². The molecule has 22 heavy (non-hydrogen) atoms. The van der Waals surface area contributed by atoms with Gasteiger partial charge in [0.25, 0.3) is 0 Å². The minimum atomic E-state index is -0.564. The van der Waals surface area contributed by atoms with Crippen LogP contribution >= 0.6 is 0 Å². The van der Waals surface area contributed by atoms with Crippen molar-refractivity contribution in [2.24, 2.45) is 5.41 Å². The van der Waals surface area contributed by atoms with Crippen LogP contribution in [-0.2, 0) is 20.7 Å². The second kappa shape index (κ2) is 6.22. The summed E-state index contributed by atoms with van der Waals surface area (Å²) in [6, 6.07) is 6.84. The molecule has 5 heteroatoms. The van der Waals surface area contributed by atoms with E-state index < -0.39 is 11.5 Å². The minimum Gasteiger partial charge on any atom is -0.464 e. The summed E-state index contributed by atoms with van der Waals surface area (Å²) in [6.07, 6.45) is 2.01. The fourth-order valence-electron chi connectivity index (χ4n) is 2.28. The summed E-state index contributed by atoms with van der Waals surface area (Å²) >= 11 is 0. The van der Waals surface area contributed by atoms with Gasteiger partial charge in [-0.15, -0.1) is 0 Å². The third-order valence-corrected chi connectivity index (χ3v) is 3.89. The van der Waals surface area contributed by atoms with Crippen molar-refractivity contribution < 1.29 is 14.3 Å². The smallest absolute Gasteiger partial charge is 0.328 e. The van der Waals surface area contributed by atoms with Crippen molar-refractivity contribution in [2.45, 2.75) is 33.2 Å². The lowest BCUT2D eigenvalue weighted by Crippen LogP contribution is -2.48. The summed E-state index contributed by atoms with van der Waals surface area (Å²) in [5.41, 5.74) is 7.53. The zero-order chi connectivity index (χ0) is 16.3. The van der Waals surface area contributed by atoms with Gasteiger partial charge in [0, 0.05) is 23.9 Å². The first-order valence-corrected chi connectivity index (χ1v) is 7.38. The van der Waals surface area contributed by atoms with Crippen LogP contribution in [0.2, 0.25) is 0 Å². The number of carbonyl (C=O) groups is 2. The van der Waals surface area contributed by atoms with Gasteiger partial charge in [0.2, 0.25) is 0 Å². The number of allylic oxidation sites excluding steroid dienone is 2. The van der Waals surface area contributed by atoms with Gasteiger partial charge in [-0.2, -0.15) is 0 Å². The van der Waals surface area contributed by atoms with Crippen LogP contribution in [0.4, 0.5) is 5.69 Å². The number of hydrogen-bond acceptors (Lipinski definition) is 5. The van der Waals surface area contributed by atoms with Crippen molar-refractivity contribution >= 4 is 17.4 Å². The molecule has 2 rings (SSSR count). The van der Waals surface area contributed by atoms with Gasteiger partial charge in [0.1, 0.15) is 6.04 Å². The van der Waals surface area contributed by atoms with Crippen LogP contribution < -0.4 is 11.1 Å². The lowest BCUT2D eigenvalue weighted by atomic mass is 9.74. The van der Waals surface area contributed by atoms with E-state index in [0.717, 1.165) is 11.3 Å². The Balaban J connectivity index is 2.13. The average Bonchev–Trinajstić information content (AvgIpc) is 2.48. The Morgan fingerprint density at radius 2 is 1.95 bits per heavy atom. The molecule has 0 fully saturated rings. The van der Waals surface area contributed by atoms with Crippen LogP contribution in [0.1, 0.15) is 26.3 Å². The second-order valence-corrected chi connectivity index (χ2v) is 5.94. The molecule has 0 unspecified atom stereocenters. The third kappa shape index (κ3) is 3.30. The van der Waals surface area contributed by atoms with E-state index >= 15 is 0 Å². The van der Waals surface area contributed by atoms with Gasteiger partial charge in [-0.3, -0.25) is 4.79 Å². The van der Waals surface area contributed by atoms with E-state index in [2.05, 4.69) is 5.32 Å². The molecule has 0 radical (unpaired) electrons. The summed E-state index contributed by atoms with van der Waals surface area (Å²) in [7, 11) is 0. The first kappa shape index (κ1) is 16.1. The summed E-state index contributed by atoms with van der Waals surface area (Å²) in [6.45, 7) is 5.76. The van der Waals surface area contributed by atoms with Crippen LogP contribution in [0.25, 0.3) is 0 Å². The molecule has 0 saturated heterocycles. The maximum Gasteiger partial charge on any atom is 0.328 e. The fourth-order valence-corrected chi connectivity index (χ4v) is 2.28. The number of hydrogen-bond donors (Lipinski definition) is 2. The molecule has 1 aromatic carbocycles. The summed E-state index contributed by atoms with van der Waals surface area (Å²) in [5.74, 6) is -0.263. The number of ketones is 1. The predicted molar refractivity (Wildman–Crippen MR) is 85.0 cm³/mol. The van der Waals surface area contributed by atoms with Crippen molar-refractivity contribution in [3.8, 4) is 0 Å². The number of carbonyl (C=O) groups excluding carboxylic acids is 2. The Labute approximate surface area is 130 Å². The van der Waals surface area contributed by atoms with E-state index in [1.165, 1.54) is 6.08 Å². The molecule has 1 aromatic rings. The molecule has 0 bridgehead atoms. The van der Waals surface area contributed by atoms with E-state index in [1.807, 2.05) is 26.0 Å². The highest BCUT2D eigenvalue weighted by Crippen LogP contribution is 2.35. The number of anilines is 1. The molecule has 5 nitrogen and oxygen atoms in total. The highest BCUT2D eigenvalue weighted by Gasteiger charge is 2.41. The number of rotatable bonds is 6. The number of ether oxygens (including phenoxy) is 1. The molecule has 0 spiro atoms. The quantitative estimate of drug-likeness (QED) is 0.619. The van der Waals surface area contributed by atoms with Gasteiger partial charge >= 0.3 is 5.97 Å². The molecular weight excluding hydrogens is 280 g/mol. The SMILES string of the molecule is CCOC(=O)[C@H](Cc1ccc(N)cc1)NC1=CC(=O)C1(C)C. The Morgan fingerprint density at radius 3 is 2.45 bits per heavy atom. The van der Waals surface area contributed by atoms with E-state index in [1.54, 1.807) is 19.1 Å². The Kier molecular flexibility index (Phi) is 4.54. The highest BCUT2D eigenvalue weighted by atomic mass is 16.5. The molecular formula is C17H22N2O3. The van der Waals surface area contributed by atoms with Crippen molar-refractivity contribution in [2.75, 3.05) is 12.3 Å². The fraction of sp³-hybridized carbons (Fsp3) is 0.412. The maximum atomic E-state index is 12.2. The third-order valence-electron chi connectivity index (χ3n) is 3.89. The summed E-state index contributed by atoms with van der Waals surface area (Å²) < 4.78 is 5.13.